The third kappa shape index (κ3) is 2.45. The molecule has 3 heteroatoms. The van der Waals surface area contributed by atoms with Gasteiger partial charge in [0.2, 0.25) is 0 Å². The number of carbonyl (C=O) groups excluding carboxylic acids is 1. The molecule has 0 saturated carbocycles. The molecule has 0 amide bonds. The minimum absolute atomic E-state index is 0.000653. The average Bonchev–Trinajstić information content (AvgIpc) is 2.39. The molecule has 98 valence electrons. The van der Waals surface area contributed by atoms with Gasteiger partial charge in [0, 0.05) is 0 Å². The molecule has 0 heterocycles. The van der Waals surface area contributed by atoms with Crippen LogP contribution in [0, 0.1) is 13.8 Å². The van der Waals surface area contributed by atoms with Crippen LogP contribution < -0.4 is 4.74 Å². The summed E-state index contributed by atoms with van der Waals surface area (Å²) >= 11 is 0. The summed E-state index contributed by atoms with van der Waals surface area (Å²) in [6.07, 6.45) is 0.655. The van der Waals surface area contributed by atoms with Gasteiger partial charge in [0.25, 0.3) is 0 Å². The zero-order chi connectivity index (χ0) is 14.0. The molecule has 0 aliphatic heterocycles. The summed E-state index contributed by atoms with van der Waals surface area (Å²) in [6, 6.07) is 9.03. The lowest BCUT2D eigenvalue weighted by Gasteiger charge is -2.12. The van der Waals surface area contributed by atoms with Crippen LogP contribution in [0.4, 0.5) is 0 Å². The summed E-state index contributed by atoms with van der Waals surface area (Å²) in [5, 5.41) is 9.52. The summed E-state index contributed by atoms with van der Waals surface area (Å²) in [5.41, 5.74) is 4.27. The van der Waals surface area contributed by atoms with Crippen molar-refractivity contribution in [3.05, 3.63) is 47.0 Å². The number of hydrogen-bond acceptors (Lipinski definition) is 3. The fourth-order valence-corrected chi connectivity index (χ4v) is 2.27. The molecule has 2 rings (SSSR count). The summed E-state index contributed by atoms with van der Waals surface area (Å²) in [5.74, 6) is 0.874. The van der Waals surface area contributed by atoms with Crippen LogP contribution in [0.1, 0.15) is 21.5 Å². The lowest BCUT2D eigenvalue weighted by Crippen LogP contribution is -1.92. The Morgan fingerprint density at radius 1 is 1.05 bits per heavy atom. The van der Waals surface area contributed by atoms with E-state index in [1.54, 1.807) is 19.2 Å². The Bertz CT molecular complexity index is 607. The largest absolute Gasteiger partial charge is 0.507 e. The van der Waals surface area contributed by atoms with Crippen molar-refractivity contribution in [1.82, 2.24) is 0 Å². The van der Waals surface area contributed by atoms with Crippen LogP contribution in [-0.2, 0) is 0 Å². The molecule has 19 heavy (non-hydrogen) atoms. The third-order valence-corrected chi connectivity index (χ3v) is 3.15. The van der Waals surface area contributed by atoms with E-state index in [9.17, 15) is 9.90 Å². The molecule has 0 spiro atoms. The second kappa shape index (κ2) is 5.14. The van der Waals surface area contributed by atoms with Crippen molar-refractivity contribution < 1.29 is 14.6 Å². The zero-order valence-corrected chi connectivity index (χ0v) is 11.2. The van der Waals surface area contributed by atoms with Crippen molar-refractivity contribution in [1.29, 1.82) is 0 Å². The first-order valence-electron chi connectivity index (χ1n) is 6.00. The highest BCUT2D eigenvalue weighted by molar-refractivity contribution is 5.83. The predicted octanol–water partition coefficient (Wildman–Crippen LogP) is 3.50. The van der Waals surface area contributed by atoms with Crippen LogP contribution in [0.2, 0.25) is 0 Å². The standard InChI is InChI=1S/C16H16O3/c1-10-6-13(7-11(2)16(10)19-3)12-4-5-15(18)14(8-12)9-17/h4-9,18H,1-3H3. The fourth-order valence-electron chi connectivity index (χ4n) is 2.27. The maximum Gasteiger partial charge on any atom is 0.153 e. The molecule has 0 radical (unpaired) electrons. The van der Waals surface area contributed by atoms with E-state index in [1.165, 1.54) is 6.07 Å². The molecular formula is C16H16O3. The Balaban J connectivity index is 2.56. The highest BCUT2D eigenvalue weighted by Crippen LogP contribution is 2.31. The molecule has 0 unspecified atom stereocenters. The SMILES string of the molecule is COc1c(C)cc(-c2ccc(O)c(C=O)c2)cc1C. The van der Waals surface area contributed by atoms with E-state index in [4.69, 9.17) is 4.74 Å². The van der Waals surface area contributed by atoms with Crippen molar-refractivity contribution in [3.63, 3.8) is 0 Å². The Hall–Kier alpha value is -2.29. The quantitative estimate of drug-likeness (QED) is 0.855. The number of methoxy groups -OCH3 is 1. The molecule has 0 aliphatic carbocycles. The molecular weight excluding hydrogens is 240 g/mol. The van der Waals surface area contributed by atoms with Gasteiger partial charge < -0.3 is 9.84 Å². The van der Waals surface area contributed by atoms with Crippen LogP contribution in [0.5, 0.6) is 11.5 Å². The Morgan fingerprint density at radius 2 is 1.68 bits per heavy atom. The van der Waals surface area contributed by atoms with Crippen molar-refractivity contribution in [3.8, 4) is 22.6 Å². The van der Waals surface area contributed by atoms with E-state index in [-0.39, 0.29) is 5.75 Å². The van der Waals surface area contributed by atoms with Gasteiger partial charge >= 0.3 is 0 Å². The number of phenols is 1. The number of aldehydes is 1. The molecule has 0 aromatic heterocycles. The molecule has 0 bridgehead atoms. The summed E-state index contributed by atoms with van der Waals surface area (Å²) in [4.78, 5) is 10.9. The zero-order valence-electron chi connectivity index (χ0n) is 11.2. The molecule has 2 aromatic rings. The first-order chi connectivity index (χ1) is 9.06. The number of aryl methyl sites for hydroxylation is 2. The number of carbonyl (C=O) groups is 1. The number of hydrogen-bond donors (Lipinski definition) is 1. The first-order valence-corrected chi connectivity index (χ1v) is 6.00. The van der Waals surface area contributed by atoms with Crippen LogP contribution in [0.25, 0.3) is 11.1 Å². The van der Waals surface area contributed by atoms with Gasteiger partial charge in [-0.15, -0.1) is 0 Å². The van der Waals surface area contributed by atoms with Crippen LogP contribution in [0.15, 0.2) is 30.3 Å². The van der Waals surface area contributed by atoms with E-state index in [2.05, 4.69) is 0 Å². The highest BCUT2D eigenvalue weighted by Gasteiger charge is 2.08. The van der Waals surface area contributed by atoms with Crippen LogP contribution in [0.3, 0.4) is 0 Å². The molecule has 0 atom stereocenters. The Kier molecular flexibility index (Phi) is 3.56. The van der Waals surface area contributed by atoms with Gasteiger partial charge in [0.1, 0.15) is 11.5 Å². The van der Waals surface area contributed by atoms with Crippen molar-refractivity contribution in [2.24, 2.45) is 0 Å². The minimum atomic E-state index is 0.000653. The van der Waals surface area contributed by atoms with Crippen molar-refractivity contribution in [2.75, 3.05) is 7.11 Å². The third-order valence-electron chi connectivity index (χ3n) is 3.15. The molecule has 2 aromatic carbocycles. The molecule has 3 nitrogen and oxygen atoms in total. The van der Waals surface area contributed by atoms with Crippen LogP contribution >= 0.6 is 0 Å². The first kappa shape index (κ1) is 13.1. The minimum Gasteiger partial charge on any atom is -0.507 e. The summed E-state index contributed by atoms with van der Waals surface area (Å²) in [7, 11) is 1.65. The van der Waals surface area contributed by atoms with Gasteiger partial charge in [-0.05, 0) is 60.4 Å². The normalized spacial score (nSPS) is 10.3. The topological polar surface area (TPSA) is 46.5 Å². The summed E-state index contributed by atoms with van der Waals surface area (Å²) < 4.78 is 5.33. The van der Waals surface area contributed by atoms with E-state index in [0.717, 1.165) is 28.0 Å². The van der Waals surface area contributed by atoms with Gasteiger partial charge in [-0.1, -0.05) is 6.07 Å². The van der Waals surface area contributed by atoms with E-state index in [1.807, 2.05) is 26.0 Å². The highest BCUT2D eigenvalue weighted by atomic mass is 16.5. The van der Waals surface area contributed by atoms with Gasteiger partial charge in [0.15, 0.2) is 6.29 Å². The van der Waals surface area contributed by atoms with E-state index >= 15 is 0 Å². The number of rotatable bonds is 3. The van der Waals surface area contributed by atoms with Crippen molar-refractivity contribution in [2.45, 2.75) is 13.8 Å². The number of ether oxygens (including phenoxy) is 1. The summed E-state index contributed by atoms with van der Waals surface area (Å²) in [6.45, 7) is 3.97. The maximum atomic E-state index is 10.9. The second-order valence-corrected chi connectivity index (χ2v) is 4.53. The van der Waals surface area contributed by atoms with Gasteiger partial charge in [-0.3, -0.25) is 4.79 Å². The molecule has 0 fully saturated rings. The van der Waals surface area contributed by atoms with E-state index in [0.29, 0.717) is 11.8 Å². The predicted molar refractivity (Wildman–Crippen MR) is 75.0 cm³/mol. The monoisotopic (exact) mass is 256 g/mol. The molecule has 0 aliphatic rings. The molecule has 1 N–H and O–H groups in total. The van der Waals surface area contributed by atoms with Crippen molar-refractivity contribution >= 4 is 6.29 Å². The Labute approximate surface area is 112 Å². The van der Waals surface area contributed by atoms with E-state index < -0.39 is 0 Å². The number of phenolic OH excluding ortho intramolecular Hbond substituents is 1. The smallest absolute Gasteiger partial charge is 0.153 e. The van der Waals surface area contributed by atoms with Crippen LogP contribution in [-0.4, -0.2) is 18.5 Å². The number of aromatic hydroxyl groups is 1. The lowest BCUT2D eigenvalue weighted by atomic mass is 9.98. The van der Waals surface area contributed by atoms with Gasteiger partial charge in [-0.25, -0.2) is 0 Å². The van der Waals surface area contributed by atoms with Gasteiger partial charge in [0.05, 0.1) is 12.7 Å². The lowest BCUT2D eigenvalue weighted by molar-refractivity contribution is 0.112. The second-order valence-electron chi connectivity index (χ2n) is 4.53. The fraction of sp³-hybridized carbons (Fsp3) is 0.188. The average molecular weight is 256 g/mol. The maximum absolute atomic E-state index is 10.9. The van der Waals surface area contributed by atoms with Gasteiger partial charge in [-0.2, -0.15) is 0 Å². The molecule has 0 saturated heterocycles. The Morgan fingerprint density at radius 3 is 2.21 bits per heavy atom. The number of benzene rings is 2.